The van der Waals surface area contributed by atoms with E-state index in [2.05, 4.69) is 33.0 Å². The minimum atomic E-state index is -3.33. The van der Waals surface area contributed by atoms with E-state index in [1.165, 1.54) is 11.3 Å². The third-order valence-corrected chi connectivity index (χ3v) is 7.38. The normalized spacial score (nSPS) is 20.8. The van der Waals surface area contributed by atoms with Crippen LogP contribution in [0.5, 0.6) is 0 Å². The molecule has 4 nitrogen and oxygen atoms in total. The summed E-state index contributed by atoms with van der Waals surface area (Å²) in [6, 6.07) is 4.23. The summed E-state index contributed by atoms with van der Waals surface area (Å²) in [5, 5.41) is 3.33. The van der Waals surface area contributed by atoms with Crippen LogP contribution in [0.25, 0.3) is 0 Å². The Morgan fingerprint density at radius 1 is 1.33 bits per heavy atom. The molecule has 1 aromatic rings. The zero-order chi connectivity index (χ0) is 15.6. The predicted octanol–water partition coefficient (Wildman–Crippen LogP) is 3.06. The Bertz CT molecular complexity index is 564. The molecule has 0 aromatic carbocycles. The standard InChI is InChI=1S/C15H26N2O2S2/c1-11(2)14-6-5-9-17(14)21(18,19)15-8-7-13(20-15)10-16-12(3)4/h7-8,11-12,14,16H,5-6,9-10H2,1-4H3. The van der Waals surface area contributed by atoms with Crippen molar-refractivity contribution >= 4 is 21.4 Å². The number of nitrogens with zero attached hydrogens (tertiary/aromatic N) is 1. The molecule has 1 saturated heterocycles. The largest absolute Gasteiger partial charge is 0.310 e. The van der Waals surface area contributed by atoms with Crippen molar-refractivity contribution in [2.75, 3.05) is 6.54 Å². The number of nitrogens with one attached hydrogen (secondary N) is 1. The fourth-order valence-corrected chi connectivity index (χ4v) is 6.00. The number of hydrogen-bond acceptors (Lipinski definition) is 4. The molecule has 21 heavy (non-hydrogen) atoms. The van der Waals surface area contributed by atoms with Crippen molar-refractivity contribution in [2.24, 2.45) is 5.92 Å². The molecule has 0 aliphatic carbocycles. The van der Waals surface area contributed by atoms with Crippen molar-refractivity contribution in [3.8, 4) is 0 Å². The molecular weight excluding hydrogens is 304 g/mol. The van der Waals surface area contributed by atoms with Crippen LogP contribution < -0.4 is 5.32 Å². The van der Waals surface area contributed by atoms with Gasteiger partial charge >= 0.3 is 0 Å². The predicted molar refractivity (Wildman–Crippen MR) is 88.0 cm³/mol. The highest BCUT2D eigenvalue weighted by atomic mass is 32.2. The van der Waals surface area contributed by atoms with E-state index >= 15 is 0 Å². The van der Waals surface area contributed by atoms with Crippen LogP contribution in [-0.2, 0) is 16.6 Å². The molecule has 1 N–H and O–H groups in total. The molecule has 1 fully saturated rings. The number of hydrogen-bond donors (Lipinski definition) is 1. The summed E-state index contributed by atoms with van der Waals surface area (Å²) in [4.78, 5) is 1.07. The van der Waals surface area contributed by atoms with Gasteiger partial charge in [-0.1, -0.05) is 27.7 Å². The third-order valence-electron chi connectivity index (χ3n) is 3.90. The summed E-state index contributed by atoms with van der Waals surface area (Å²) in [7, 11) is -3.33. The lowest BCUT2D eigenvalue weighted by molar-refractivity contribution is 0.316. The van der Waals surface area contributed by atoms with Gasteiger partial charge in [0.15, 0.2) is 0 Å². The van der Waals surface area contributed by atoms with Gasteiger partial charge < -0.3 is 5.32 Å². The van der Waals surface area contributed by atoms with E-state index in [-0.39, 0.29) is 6.04 Å². The lowest BCUT2D eigenvalue weighted by Crippen LogP contribution is -2.38. The van der Waals surface area contributed by atoms with Crippen LogP contribution in [0.15, 0.2) is 16.3 Å². The van der Waals surface area contributed by atoms with Crippen molar-refractivity contribution < 1.29 is 8.42 Å². The number of sulfonamides is 1. The highest BCUT2D eigenvalue weighted by molar-refractivity contribution is 7.91. The summed E-state index contributed by atoms with van der Waals surface area (Å²) in [6.07, 6.45) is 1.94. The summed E-state index contributed by atoms with van der Waals surface area (Å²) in [5.74, 6) is 0.365. The smallest absolute Gasteiger partial charge is 0.252 e. The van der Waals surface area contributed by atoms with Crippen LogP contribution in [0.3, 0.4) is 0 Å². The summed E-state index contributed by atoms with van der Waals surface area (Å²) >= 11 is 1.39. The molecular formula is C15H26N2O2S2. The molecule has 0 saturated carbocycles. The molecule has 1 unspecified atom stereocenters. The zero-order valence-electron chi connectivity index (χ0n) is 13.3. The van der Waals surface area contributed by atoms with Crippen LogP contribution in [0.2, 0.25) is 0 Å². The highest BCUT2D eigenvalue weighted by Gasteiger charge is 2.37. The Labute approximate surface area is 132 Å². The van der Waals surface area contributed by atoms with Crippen molar-refractivity contribution in [3.63, 3.8) is 0 Å². The SMILES string of the molecule is CC(C)NCc1ccc(S(=O)(=O)N2CCCC2C(C)C)s1. The van der Waals surface area contributed by atoms with Crippen molar-refractivity contribution in [3.05, 3.63) is 17.0 Å². The van der Waals surface area contributed by atoms with Crippen LogP contribution in [0.4, 0.5) is 0 Å². The molecule has 0 amide bonds. The zero-order valence-corrected chi connectivity index (χ0v) is 14.9. The molecule has 120 valence electrons. The minimum absolute atomic E-state index is 0.148. The maximum absolute atomic E-state index is 12.8. The Hall–Kier alpha value is -0.430. The summed E-state index contributed by atoms with van der Waals surface area (Å²) < 4.78 is 27.8. The first kappa shape index (κ1) is 16.9. The molecule has 2 heterocycles. The van der Waals surface area contributed by atoms with Gasteiger partial charge in [-0.05, 0) is 30.9 Å². The van der Waals surface area contributed by atoms with Gasteiger partial charge in [-0.15, -0.1) is 11.3 Å². The molecule has 1 aliphatic heterocycles. The van der Waals surface area contributed by atoms with Gasteiger partial charge in [0.1, 0.15) is 4.21 Å². The molecule has 0 radical (unpaired) electrons. The lowest BCUT2D eigenvalue weighted by atomic mass is 10.0. The summed E-state index contributed by atoms with van der Waals surface area (Å²) in [6.45, 7) is 9.76. The van der Waals surface area contributed by atoms with E-state index in [9.17, 15) is 8.42 Å². The Morgan fingerprint density at radius 3 is 2.67 bits per heavy atom. The monoisotopic (exact) mass is 330 g/mol. The molecule has 2 rings (SSSR count). The van der Waals surface area contributed by atoms with Crippen molar-refractivity contribution in [2.45, 2.75) is 63.4 Å². The Balaban J connectivity index is 2.16. The molecule has 6 heteroatoms. The maximum Gasteiger partial charge on any atom is 0.252 e. The van der Waals surface area contributed by atoms with E-state index < -0.39 is 10.0 Å². The summed E-state index contributed by atoms with van der Waals surface area (Å²) in [5.41, 5.74) is 0. The van der Waals surface area contributed by atoms with Crippen LogP contribution in [0.1, 0.15) is 45.4 Å². The second-order valence-electron chi connectivity index (χ2n) is 6.33. The first-order chi connectivity index (χ1) is 9.82. The Morgan fingerprint density at radius 2 is 2.05 bits per heavy atom. The first-order valence-corrected chi connectivity index (χ1v) is 9.92. The lowest BCUT2D eigenvalue weighted by Gasteiger charge is -2.26. The third kappa shape index (κ3) is 3.86. The molecule has 1 aromatic heterocycles. The van der Waals surface area contributed by atoms with E-state index in [4.69, 9.17) is 0 Å². The van der Waals surface area contributed by atoms with Crippen LogP contribution in [-0.4, -0.2) is 31.4 Å². The fraction of sp³-hybridized carbons (Fsp3) is 0.733. The van der Waals surface area contributed by atoms with Gasteiger partial charge in [-0.2, -0.15) is 4.31 Å². The van der Waals surface area contributed by atoms with Gasteiger partial charge in [0.2, 0.25) is 0 Å². The number of rotatable bonds is 6. The van der Waals surface area contributed by atoms with Gasteiger partial charge in [-0.25, -0.2) is 8.42 Å². The van der Waals surface area contributed by atoms with Gasteiger partial charge in [0.25, 0.3) is 10.0 Å². The minimum Gasteiger partial charge on any atom is -0.310 e. The topological polar surface area (TPSA) is 49.4 Å². The average Bonchev–Trinajstić information content (AvgIpc) is 3.05. The Kier molecular flexibility index (Phi) is 5.46. The second-order valence-corrected chi connectivity index (χ2v) is 9.61. The highest BCUT2D eigenvalue weighted by Crippen LogP contribution is 2.32. The van der Waals surface area contributed by atoms with Gasteiger partial charge in [-0.3, -0.25) is 0 Å². The van der Waals surface area contributed by atoms with Crippen LogP contribution >= 0.6 is 11.3 Å². The van der Waals surface area contributed by atoms with E-state index in [1.807, 2.05) is 6.07 Å². The van der Waals surface area contributed by atoms with E-state index in [1.54, 1.807) is 10.4 Å². The van der Waals surface area contributed by atoms with Crippen molar-refractivity contribution in [1.29, 1.82) is 0 Å². The quantitative estimate of drug-likeness (QED) is 0.872. The fourth-order valence-electron chi connectivity index (χ4n) is 2.74. The van der Waals surface area contributed by atoms with E-state index in [0.717, 1.165) is 24.3 Å². The molecule has 1 aliphatic rings. The molecule has 0 spiro atoms. The molecule has 1 atom stereocenters. The van der Waals surface area contributed by atoms with Crippen molar-refractivity contribution in [1.82, 2.24) is 9.62 Å². The molecule has 0 bridgehead atoms. The number of thiophene rings is 1. The van der Waals surface area contributed by atoms with Gasteiger partial charge in [0, 0.05) is 30.1 Å². The van der Waals surface area contributed by atoms with E-state index in [0.29, 0.717) is 22.7 Å². The second kappa shape index (κ2) is 6.77. The average molecular weight is 331 g/mol. The van der Waals surface area contributed by atoms with Crippen LogP contribution in [0, 0.1) is 5.92 Å². The van der Waals surface area contributed by atoms with Gasteiger partial charge in [0.05, 0.1) is 0 Å². The maximum atomic E-state index is 12.8. The first-order valence-electron chi connectivity index (χ1n) is 7.66.